The number of hydrogen-bond donors (Lipinski definition) is 1. The highest BCUT2D eigenvalue weighted by molar-refractivity contribution is 7.99. The number of aliphatic carboxylic acids is 1. The number of fused-ring (bicyclic) bond motifs is 1. The van der Waals surface area contributed by atoms with Crippen LogP contribution in [-0.2, 0) is 4.79 Å². The molecule has 1 saturated heterocycles. The Balaban J connectivity index is 1.32. The van der Waals surface area contributed by atoms with Crippen LogP contribution in [0.25, 0.3) is 10.9 Å². The Labute approximate surface area is 233 Å². The van der Waals surface area contributed by atoms with Crippen LogP contribution in [0.4, 0.5) is 4.39 Å². The van der Waals surface area contributed by atoms with Gasteiger partial charge in [-0.2, -0.15) is 0 Å². The summed E-state index contributed by atoms with van der Waals surface area (Å²) >= 11 is 7.89. The fourth-order valence-corrected chi connectivity index (χ4v) is 6.62. The van der Waals surface area contributed by atoms with Gasteiger partial charge in [-0.15, -0.1) is 11.8 Å². The van der Waals surface area contributed by atoms with Gasteiger partial charge in [0.15, 0.2) is 0 Å². The lowest BCUT2D eigenvalue weighted by molar-refractivity contribution is -0.137. The lowest BCUT2D eigenvalue weighted by Gasteiger charge is -2.39. The Bertz CT molecular complexity index is 1210. The summed E-state index contributed by atoms with van der Waals surface area (Å²) < 4.78 is 20.9. The van der Waals surface area contributed by atoms with E-state index < -0.39 is 12.1 Å². The third kappa shape index (κ3) is 8.08. The van der Waals surface area contributed by atoms with E-state index in [-0.39, 0.29) is 12.3 Å². The number of rotatable bonds is 13. The van der Waals surface area contributed by atoms with E-state index in [1.165, 1.54) is 4.90 Å². The number of halogens is 2. The molecular formula is C30H36ClFN2O3S. The van der Waals surface area contributed by atoms with E-state index in [4.69, 9.17) is 16.3 Å². The molecule has 1 aliphatic rings. The lowest BCUT2D eigenvalue weighted by atomic mass is 9.79. The van der Waals surface area contributed by atoms with E-state index in [9.17, 15) is 9.90 Å². The summed E-state index contributed by atoms with van der Waals surface area (Å²) in [7, 11) is 1.60. The van der Waals surface area contributed by atoms with Crippen molar-refractivity contribution in [2.24, 2.45) is 11.8 Å². The number of benzene rings is 2. The minimum absolute atomic E-state index is 0.160. The number of carboxylic acid groups (broad SMARTS) is 1. The molecule has 8 heteroatoms. The number of nitrogens with zero attached hydrogens (tertiary/aromatic N) is 2. The van der Waals surface area contributed by atoms with Crippen LogP contribution in [0.3, 0.4) is 0 Å². The van der Waals surface area contributed by atoms with Gasteiger partial charge in [0.2, 0.25) is 0 Å². The topological polar surface area (TPSA) is 62.7 Å². The van der Waals surface area contributed by atoms with Crippen LogP contribution in [0.1, 0.15) is 50.3 Å². The largest absolute Gasteiger partial charge is 0.497 e. The highest BCUT2D eigenvalue weighted by Gasteiger charge is 2.30. The van der Waals surface area contributed by atoms with Gasteiger partial charge in [-0.1, -0.05) is 17.7 Å². The molecule has 0 amide bonds. The zero-order valence-electron chi connectivity index (χ0n) is 21.8. The van der Waals surface area contributed by atoms with Crippen molar-refractivity contribution in [2.75, 3.05) is 32.5 Å². The number of piperidine rings is 1. The number of carboxylic acids is 1. The Kier molecular flexibility index (Phi) is 10.7. The maximum absolute atomic E-state index is 15.6. The second-order valence-corrected chi connectivity index (χ2v) is 11.6. The normalized spacial score (nSPS) is 18.9. The van der Waals surface area contributed by atoms with Crippen LogP contribution in [0, 0.1) is 11.8 Å². The minimum Gasteiger partial charge on any atom is -0.497 e. The van der Waals surface area contributed by atoms with Gasteiger partial charge in [0, 0.05) is 34.5 Å². The molecule has 4 rings (SSSR count). The summed E-state index contributed by atoms with van der Waals surface area (Å²) in [5, 5.41) is 10.8. The second-order valence-electron chi connectivity index (χ2n) is 10.0. The van der Waals surface area contributed by atoms with Crippen molar-refractivity contribution < 1.29 is 19.0 Å². The fraction of sp³-hybridized carbons (Fsp3) is 0.467. The van der Waals surface area contributed by atoms with Crippen molar-refractivity contribution in [2.45, 2.75) is 49.6 Å². The van der Waals surface area contributed by atoms with Gasteiger partial charge in [0.1, 0.15) is 11.9 Å². The Morgan fingerprint density at radius 1 is 1.24 bits per heavy atom. The third-order valence-electron chi connectivity index (χ3n) is 7.50. The van der Waals surface area contributed by atoms with Crippen molar-refractivity contribution >= 4 is 40.2 Å². The zero-order valence-corrected chi connectivity index (χ0v) is 23.4. The quantitative estimate of drug-likeness (QED) is 0.171. The first-order chi connectivity index (χ1) is 18.4. The molecule has 3 atom stereocenters. The summed E-state index contributed by atoms with van der Waals surface area (Å²) in [5.74, 6) is 1.52. The van der Waals surface area contributed by atoms with Crippen LogP contribution in [0.15, 0.2) is 59.6 Å². The smallest absolute Gasteiger partial charge is 0.303 e. The molecule has 0 spiro atoms. The summed E-state index contributed by atoms with van der Waals surface area (Å²) in [5.41, 5.74) is 1.40. The number of thioether (sulfide) groups is 1. The van der Waals surface area contributed by atoms with E-state index >= 15 is 4.39 Å². The van der Waals surface area contributed by atoms with Gasteiger partial charge in [0.25, 0.3) is 0 Å². The maximum Gasteiger partial charge on any atom is 0.303 e. The van der Waals surface area contributed by atoms with Crippen molar-refractivity contribution in [3.05, 3.63) is 65.3 Å². The van der Waals surface area contributed by atoms with Gasteiger partial charge < -0.3 is 14.7 Å². The van der Waals surface area contributed by atoms with E-state index in [1.807, 2.05) is 48.2 Å². The molecule has 0 bridgehead atoms. The molecule has 38 heavy (non-hydrogen) atoms. The molecule has 2 unspecified atom stereocenters. The molecule has 5 nitrogen and oxygen atoms in total. The molecule has 2 heterocycles. The number of carbonyl (C=O) groups is 1. The van der Waals surface area contributed by atoms with Crippen molar-refractivity contribution in [3.8, 4) is 5.75 Å². The van der Waals surface area contributed by atoms with E-state index in [0.717, 1.165) is 60.6 Å². The standard InChI is InChI=1S/C30H36ClFN2O3S/c1-37-24-8-10-29-27(19-24)26(12-14-33-29)28(32)9-6-21-13-16-34(20-22(21)7-11-30(35)36)15-3-17-38-25-5-2-4-23(31)18-25/h2,4-5,8,10,12,14,18-19,21-22,28H,3,6-7,9,11,13,15-17,20H2,1H3,(H,35,36)/t21?,22?,28-/m0/s1. The second kappa shape index (κ2) is 14.2. The fourth-order valence-electron chi connectivity index (χ4n) is 5.47. The van der Waals surface area contributed by atoms with Crippen molar-refractivity contribution in [3.63, 3.8) is 0 Å². The molecule has 3 aromatic rings. The third-order valence-corrected chi connectivity index (χ3v) is 8.81. The minimum atomic E-state index is -1.10. The number of hydrogen-bond acceptors (Lipinski definition) is 5. The van der Waals surface area contributed by atoms with Gasteiger partial charge in [-0.3, -0.25) is 9.78 Å². The van der Waals surface area contributed by atoms with Crippen LogP contribution in [-0.4, -0.2) is 53.5 Å². The van der Waals surface area contributed by atoms with E-state index in [2.05, 4.69) is 16.0 Å². The maximum atomic E-state index is 15.6. The Morgan fingerprint density at radius 3 is 2.89 bits per heavy atom. The number of ether oxygens (including phenoxy) is 1. The van der Waals surface area contributed by atoms with Gasteiger partial charge in [-0.25, -0.2) is 4.39 Å². The molecule has 0 aliphatic carbocycles. The number of likely N-dealkylation sites (tertiary alicyclic amines) is 1. The lowest BCUT2D eigenvalue weighted by Crippen LogP contribution is -2.41. The number of pyridine rings is 1. The van der Waals surface area contributed by atoms with Crippen LogP contribution in [0.2, 0.25) is 5.02 Å². The molecule has 2 aromatic carbocycles. The zero-order chi connectivity index (χ0) is 26.9. The summed E-state index contributed by atoms with van der Waals surface area (Å²) in [6, 6.07) is 15.2. The van der Waals surface area contributed by atoms with Gasteiger partial charge >= 0.3 is 5.97 Å². The summed E-state index contributed by atoms with van der Waals surface area (Å²) in [6.07, 6.45) is 4.55. The number of methoxy groups -OCH3 is 1. The molecule has 1 N–H and O–H groups in total. The van der Waals surface area contributed by atoms with Gasteiger partial charge in [0.05, 0.1) is 12.6 Å². The van der Waals surface area contributed by atoms with E-state index in [1.54, 1.807) is 19.4 Å². The first-order valence-corrected chi connectivity index (χ1v) is 14.7. The van der Waals surface area contributed by atoms with Crippen LogP contribution < -0.4 is 4.74 Å². The molecule has 204 valence electrons. The average Bonchev–Trinajstić information content (AvgIpc) is 2.92. The average molecular weight is 559 g/mol. The highest BCUT2D eigenvalue weighted by atomic mass is 35.5. The van der Waals surface area contributed by atoms with Crippen LogP contribution in [0.5, 0.6) is 5.75 Å². The highest BCUT2D eigenvalue weighted by Crippen LogP contribution is 2.36. The monoisotopic (exact) mass is 558 g/mol. The Hall–Kier alpha value is -2.35. The first-order valence-electron chi connectivity index (χ1n) is 13.3. The van der Waals surface area contributed by atoms with Gasteiger partial charge in [-0.05, 0) is 111 Å². The molecule has 1 fully saturated rings. The molecular weight excluding hydrogens is 523 g/mol. The predicted molar refractivity (Wildman–Crippen MR) is 153 cm³/mol. The summed E-state index contributed by atoms with van der Waals surface area (Å²) in [6.45, 7) is 2.84. The molecule has 0 saturated carbocycles. The summed E-state index contributed by atoms with van der Waals surface area (Å²) in [4.78, 5) is 19.3. The molecule has 1 aromatic heterocycles. The van der Waals surface area contributed by atoms with Crippen LogP contribution >= 0.6 is 23.4 Å². The number of alkyl halides is 1. The molecule has 0 radical (unpaired) electrons. The molecule has 1 aliphatic heterocycles. The first kappa shape index (κ1) is 28.7. The SMILES string of the molecule is COc1ccc2nccc([C@@H](F)CCC3CCN(CCCSc4cccc(Cl)c4)CC3CCC(=O)O)c2c1. The van der Waals surface area contributed by atoms with E-state index in [0.29, 0.717) is 30.1 Å². The number of aromatic nitrogens is 1. The van der Waals surface area contributed by atoms with Crippen molar-refractivity contribution in [1.29, 1.82) is 0 Å². The Morgan fingerprint density at radius 2 is 2.11 bits per heavy atom. The van der Waals surface area contributed by atoms with Crippen molar-refractivity contribution in [1.82, 2.24) is 9.88 Å². The predicted octanol–water partition coefficient (Wildman–Crippen LogP) is 7.67.